The van der Waals surface area contributed by atoms with Crippen LogP contribution in [0.15, 0.2) is 24.3 Å². The molecule has 0 aliphatic carbocycles. The molecule has 2 atom stereocenters. The summed E-state index contributed by atoms with van der Waals surface area (Å²) in [5.41, 5.74) is 2.78. The van der Waals surface area contributed by atoms with Crippen LogP contribution in [0, 0.1) is 5.92 Å². The number of hydrogen-bond donors (Lipinski definition) is 1. The van der Waals surface area contributed by atoms with Crippen LogP contribution in [0.4, 0.5) is 0 Å². The van der Waals surface area contributed by atoms with Gasteiger partial charge < -0.3 is 5.11 Å². The summed E-state index contributed by atoms with van der Waals surface area (Å²) in [4.78, 5) is 13.2. The predicted octanol–water partition coefficient (Wildman–Crippen LogP) is 3.89. The minimum Gasteiger partial charge on any atom is -0.481 e. The van der Waals surface area contributed by atoms with E-state index in [9.17, 15) is 4.79 Å². The van der Waals surface area contributed by atoms with Gasteiger partial charge in [-0.25, -0.2) is 0 Å². The van der Waals surface area contributed by atoms with Gasteiger partial charge in [-0.15, -0.1) is 0 Å². The second-order valence-corrected chi connectivity index (χ2v) is 6.10. The SMILES string of the molecule is CCc1ccc(C(CC)N2CCC(CCC(=O)O)C2)cc1. The Bertz CT molecular complexity index is 455. The highest BCUT2D eigenvalue weighted by Crippen LogP contribution is 2.31. The van der Waals surface area contributed by atoms with Crippen LogP contribution in [0.3, 0.4) is 0 Å². The normalized spacial score (nSPS) is 20.6. The molecule has 1 aromatic carbocycles. The Morgan fingerprint density at radius 1 is 1.33 bits per heavy atom. The fourth-order valence-electron chi connectivity index (χ4n) is 3.39. The molecule has 0 spiro atoms. The smallest absolute Gasteiger partial charge is 0.303 e. The van der Waals surface area contributed by atoms with Gasteiger partial charge in [-0.05, 0) is 49.3 Å². The van der Waals surface area contributed by atoms with Gasteiger partial charge in [0, 0.05) is 19.0 Å². The maximum atomic E-state index is 10.7. The molecule has 1 aromatic rings. The summed E-state index contributed by atoms with van der Waals surface area (Å²) < 4.78 is 0. The maximum absolute atomic E-state index is 10.7. The second kappa shape index (κ2) is 7.60. The minimum absolute atomic E-state index is 0.306. The van der Waals surface area contributed by atoms with Crippen molar-refractivity contribution in [2.75, 3.05) is 13.1 Å². The van der Waals surface area contributed by atoms with E-state index >= 15 is 0 Å². The molecule has 0 amide bonds. The number of benzene rings is 1. The van der Waals surface area contributed by atoms with Gasteiger partial charge in [-0.3, -0.25) is 9.69 Å². The number of carboxylic acids is 1. The summed E-state index contributed by atoms with van der Waals surface area (Å²) in [6, 6.07) is 9.46. The van der Waals surface area contributed by atoms with Crippen molar-refractivity contribution in [3.05, 3.63) is 35.4 Å². The zero-order chi connectivity index (χ0) is 15.2. The molecule has 1 aliphatic heterocycles. The average Bonchev–Trinajstić information content (AvgIpc) is 2.95. The molecular weight excluding hydrogens is 262 g/mol. The van der Waals surface area contributed by atoms with Crippen molar-refractivity contribution >= 4 is 5.97 Å². The van der Waals surface area contributed by atoms with Gasteiger partial charge in [-0.1, -0.05) is 38.1 Å². The van der Waals surface area contributed by atoms with Gasteiger partial charge in [0.05, 0.1) is 0 Å². The van der Waals surface area contributed by atoms with Crippen LogP contribution in [0.5, 0.6) is 0 Å². The van der Waals surface area contributed by atoms with Crippen molar-refractivity contribution in [1.82, 2.24) is 4.90 Å². The maximum Gasteiger partial charge on any atom is 0.303 e. The fourth-order valence-corrected chi connectivity index (χ4v) is 3.39. The van der Waals surface area contributed by atoms with E-state index in [0.29, 0.717) is 18.4 Å². The Hall–Kier alpha value is -1.35. The highest BCUT2D eigenvalue weighted by Gasteiger charge is 2.28. The number of carboxylic acid groups (broad SMARTS) is 1. The van der Waals surface area contributed by atoms with Gasteiger partial charge in [0.15, 0.2) is 0 Å². The van der Waals surface area contributed by atoms with E-state index in [1.165, 1.54) is 11.1 Å². The molecule has 3 nitrogen and oxygen atoms in total. The first kappa shape index (κ1) is 16.0. The first-order valence-electron chi connectivity index (χ1n) is 8.18. The van der Waals surface area contributed by atoms with Crippen LogP contribution >= 0.6 is 0 Å². The zero-order valence-electron chi connectivity index (χ0n) is 13.2. The first-order valence-corrected chi connectivity index (χ1v) is 8.18. The third-order valence-corrected chi connectivity index (χ3v) is 4.68. The molecule has 1 saturated heterocycles. The standard InChI is InChI=1S/C18H27NO2/c1-3-14-5-8-16(9-6-14)17(4-2)19-12-11-15(13-19)7-10-18(20)21/h5-6,8-9,15,17H,3-4,7,10-13H2,1-2H3,(H,20,21). The largest absolute Gasteiger partial charge is 0.481 e. The first-order chi connectivity index (χ1) is 10.1. The fraction of sp³-hybridized carbons (Fsp3) is 0.611. The molecule has 1 N–H and O–H groups in total. The monoisotopic (exact) mass is 289 g/mol. The molecule has 0 bridgehead atoms. The van der Waals surface area contributed by atoms with Crippen LogP contribution in [-0.2, 0) is 11.2 Å². The van der Waals surface area contributed by atoms with Crippen LogP contribution in [0.2, 0.25) is 0 Å². The number of nitrogens with zero attached hydrogens (tertiary/aromatic N) is 1. The number of hydrogen-bond acceptors (Lipinski definition) is 2. The molecule has 116 valence electrons. The van der Waals surface area contributed by atoms with Crippen LogP contribution in [0.1, 0.15) is 56.7 Å². The molecule has 1 heterocycles. The lowest BCUT2D eigenvalue weighted by atomic mass is 10.00. The lowest BCUT2D eigenvalue weighted by molar-refractivity contribution is -0.137. The van der Waals surface area contributed by atoms with E-state index in [1.807, 2.05) is 0 Å². The highest BCUT2D eigenvalue weighted by atomic mass is 16.4. The number of aliphatic carboxylic acids is 1. The van der Waals surface area contributed by atoms with E-state index in [4.69, 9.17) is 5.11 Å². The molecule has 3 heteroatoms. The number of rotatable bonds is 7. The Balaban J connectivity index is 1.96. The summed E-state index contributed by atoms with van der Waals surface area (Å²) in [6.45, 7) is 6.56. The Kier molecular flexibility index (Phi) is 5.80. The molecule has 1 fully saturated rings. The van der Waals surface area contributed by atoms with Crippen molar-refractivity contribution < 1.29 is 9.90 Å². The van der Waals surface area contributed by atoms with Gasteiger partial charge >= 0.3 is 5.97 Å². The minimum atomic E-state index is -0.671. The van der Waals surface area contributed by atoms with Crippen LogP contribution in [-0.4, -0.2) is 29.1 Å². The predicted molar refractivity (Wildman–Crippen MR) is 85.4 cm³/mol. The van der Waals surface area contributed by atoms with Crippen LogP contribution < -0.4 is 0 Å². The summed E-state index contributed by atoms with van der Waals surface area (Å²) in [7, 11) is 0. The lowest BCUT2D eigenvalue weighted by Gasteiger charge is -2.27. The highest BCUT2D eigenvalue weighted by molar-refractivity contribution is 5.66. The van der Waals surface area contributed by atoms with Crippen LogP contribution in [0.25, 0.3) is 0 Å². The van der Waals surface area contributed by atoms with E-state index in [-0.39, 0.29) is 0 Å². The molecule has 0 radical (unpaired) electrons. The van der Waals surface area contributed by atoms with Gasteiger partial charge in [0.2, 0.25) is 0 Å². The Morgan fingerprint density at radius 2 is 2.05 bits per heavy atom. The molecule has 0 saturated carbocycles. The zero-order valence-corrected chi connectivity index (χ0v) is 13.2. The lowest BCUT2D eigenvalue weighted by Crippen LogP contribution is -2.26. The molecule has 2 rings (SSSR count). The van der Waals surface area contributed by atoms with E-state index < -0.39 is 5.97 Å². The average molecular weight is 289 g/mol. The molecule has 21 heavy (non-hydrogen) atoms. The molecule has 0 aromatic heterocycles. The number of aryl methyl sites for hydroxylation is 1. The summed E-state index contributed by atoms with van der Waals surface area (Å²) in [5.74, 6) is -0.124. The quantitative estimate of drug-likeness (QED) is 0.828. The second-order valence-electron chi connectivity index (χ2n) is 6.10. The third kappa shape index (κ3) is 4.31. The molecule has 2 unspecified atom stereocenters. The third-order valence-electron chi connectivity index (χ3n) is 4.68. The summed E-state index contributed by atoms with van der Waals surface area (Å²) >= 11 is 0. The van der Waals surface area contributed by atoms with E-state index in [0.717, 1.165) is 38.8 Å². The Labute approximate surface area is 128 Å². The van der Waals surface area contributed by atoms with Crippen molar-refractivity contribution in [2.45, 2.75) is 52.0 Å². The van der Waals surface area contributed by atoms with Gasteiger partial charge in [0.25, 0.3) is 0 Å². The van der Waals surface area contributed by atoms with Crippen molar-refractivity contribution in [3.63, 3.8) is 0 Å². The van der Waals surface area contributed by atoms with E-state index in [1.54, 1.807) is 0 Å². The summed E-state index contributed by atoms with van der Waals surface area (Å²) in [6.07, 6.45) is 4.45. The number of carbonyl (C=O) groups is 1. The molecule has 1 aliphatic rings. The molecular formula is C18H27NO2. The van der Waals surface area contributed by atoms with Crippen molar-refractivity contribution in [1.29, 1.82) is 0 Å². The summed E-state index contributed by atoms with van der Waals surface area (Å²) in [5, 5.41) is 8.81. The Morgan fingerprint density at radius 3 is 2.62 bits per heavy atom. The topological polar surface area (TPSA) is 40.5 Å². The van der Waals surface area contributed by atoms with Crippen molar-refractivity contribution in [3.8, 4) is 0 Å². The number of likely N-dealkylation sites (tertiary alicyclic amines) is 1. The van der Waals surface area contributed by atoms with Crippen molar-refractivity contribution in [2.24, 2.45) is 5.92 Å². The van der Waals surface area contributed by atoms with E-state index in [2.05, 4.69) is 43.0 Å². The van der Waals surface area contributed by atoms with Gasteiger partial charge in [-0.2, -0.15) is 0 Å². The van der Waals surface area contributed by atoms with Gasteiger partial charge in [0.1, 0.15) is 0 Å².